The molecule has 1 heterocycles. The third kappa shape index (κ3) is 4.49. The Hall–Kier alpha value is -2.92. The van der Waals surface area contributed by atoms with Crippen molar-refractivity contribution in [2.45, 2.75) is 17.9 Å². The van der Waals surface area contributed by atoms with Crippen molar-refractivity contribution in [2.75, 3.05) is 21.1 Å². The van der Waals surface area contributed by atoms with Crippen LogP contribution in [0.3, 0.4) is 0 Å². The average molecular weight is 480 g/mol. The van der Waals surface area contributed by atoms with Crippen LogP contribution < -0.4 is 20.8 Å². The van der Waals surface area contributed by atoms with Crippen LogP contribution >= 0.6 is 11.6 Å². The molecule has 3 aromatic rings. The predicted octanol–water partition coefficient (Wildman–Crippen LogP) is 2.77. The number of sulfonamides is 1. The quantitative estimate of drug-likeness (QED) is 0.537. The van der Waals surface area contributed by atoms with E-state index in [0.29, 0.717) is 16.5 Å². The topological polar surface area (TPSA) is 132 Å². The third-order valence-electron chi connectivity index (χ3n) is 4.93. The van der Waals surface area contributed by atoms with E-state index in [4.69, 9.17) is 26.5 Å². The number of fused-ring (bicyclic) bond motifs is 1. The van der Waals surface area contributed by atoms with Crippen LogP contribution in [-0.2, 0) is 10.0 Å². The van der Waals surface area contributed by atoms with Gasteiger partial charge in [0.15, 0.2) is 5.75 Å². The molecule has 0 fully saturated rings. The van der Waals surface area contributed by atoms with Gasteiger partial charge in [0.25, 0.3) is 0 Å². The fourth-order valence-corrected chi connectivity index (χ4v) is 4.14. The Labute approximate surface area is 189 Å². The van der Waals surface area contributed by atoms with Gasteiger partial charge in [-0.2, -0.15) is 0 Å². The number of carbonyl (C=O) groups is 1. The summed E-state index contributed by atoms with van der Waals surface area (Å²) in [6.07, 6.45) is -0.639. The Morgan fingerprint density at radius 2 is 1.94 bits per heavy atom. The molecule has 1 amide bonds. The summed E-state index contributed by atoms with van der Waals surface area (Å²) >= 11 is 6.28. The number of carbonyl (C=O) groups excluding carboxylic acids is 1. The summed E-state index contributed by atoms with van der Waals surface area (Å²) in [7, 11) is 0.656. The molecule has 32 heavy (non-hydrogen) atoms. The van der Waals surface area contributed by atoms with Gasteiger partial charge in [-0.05, 0) is 43.3 Å². The van der Waals surface area contributed by atoms with Crippen LogP contribution in [0.2, 0.25) is 5.02 Å². The summed E-state index contributed by atoms with van der Waals surface area (Å²) in [6, 6.07) is 7.92. The van der Waals surface area contributed by atoms with Gasteiger partial charge >= 0.3 is 11.7 Å². The lowest BCUT2D eigenvalue weighted by molar-refractivity contribution is 0.172. The predicted molar refractivity (Wildman–Crippen MR) is 121 cm³/mol. The lowest BCUT2D eigenvalue weighted by atomic mass is 9.95. The Balaban J connectivity index is 2.12. The number of ether oxygens (including phenoxy) is 1. The first-order chi connectivity index (χ1) is 15.0. The van der Waals surface area contributed by atoms with E-state index in [1.54, 1.807) is 19.1 Å². The Kier molecular flexibility index (Phi) is 6.61. The minimum atomic E-state index is -3.69. The molecule has 9 nitrogen and oxygen atoms in total. The molecule has 0 saturated carbocycles. The summed E-state index contributed by atoms with van der Waals surface area (Å²) in [5, 5.41) is 0.648. The molecule has 0 aliphatic rings. The molecule has 170 valence electrons. The molecule has 1 aromatic heterocycles. The standard InChI is InChI=1S/C21H22ClN3O6S/c1-11-14-9-15(22)17(31-21(27)25(3)4)10-16(14)30-20(26)18(11)19(23)12-6-5-7-13(8-12)32(28,29)24-2/h5-10,19,24H,23H2,1-4H3. The number of nitrogens with zero attached hydrogens (tertiary/aromatic N) is 1. The van der Waals surface area contributed by atoms with Crippen LogP contribution in [0, 0.1) is 6.92 Å². The fraction of sp³-hybridized carbons (Fsp3) is 0.238. The zero-order valence-corrected chi connectivity index (χ0v) is 19.4. The number of benzene rings is 2. The molecule has 0 radical (unpaired) electrons. The molecule has 11 heteroatoms. The first-order valence-corrected chi connectivity index (χ1v) is 11.3. The van der Waals surface area contributed by atoms with Crippen LogP contribution in [-0.4, -0.2) is 40.6 Å². The largest absolute Gasteiger partial charge is 0.422 e. The Morgan fingerprint density at radius 3 is 2.56 bits per heavy atom. The second kappa shape index (κ2) is 8.91. The summed E-state index contributed by atoms with van der Waals surface area (Å²) in [4.78, 5) is 25.9. The van der Waals surface area contributed by atoms with E-state index < -0.39 is 27.8 Å². The van der Waals surface area contributed by atoms with Crippen LogP contribution in [0.1, 0.15) is 22.7 Å². The normalized spacial score (nSPS) is 12.6. The molecular weight excluding hydrogens is 458 g/mol. The zero-order valence-electron chi connectivity index (χ0n) is 17.8. The molecule has 3 rings (SSSR count). The molecule has 2 aromatic carbocycles. The highest BCUT2D eigenvalue weighted by Gasteiger charge is 2.23. The van der Waals surface area contributed by atoms with Crippen LogP contribution in [0.4, 0.5) is 4.79 Å². The maximum atomic E-state index is 12.8. The molecule has 1 atom stereocenters. The second-order valence-corrected chi connectivity index (χ2v) is 9.52. The molecule has 1 unspecified atom stereocenters. The van der Waals surface area contributed by atoms with Crippen molar-refractivity contribution >= 4 is 38.7 Å². The lowest BCUT2D eigenvalue weighted by Gasteiger charge is -2.17. The minimum Gasteiger partial charge on any atom is -0.422 e. The highest BCUT2D eigenvalue weighted by atomic mass is 35.5. The van der Waals surface area contributed by atoms with E-state index in [1.165, 1.54) is 50.3 Å². The maximum absolute atomic E-state index is 12.8. The Bertz CT molecular complexity index is 1370. The van der Waals surface area contributed by atoms with E-state index in [9.17, 15) is 18.0 Å². The van der Waals surface area contributed by atoms with Crippen molar-refractivity contribution in [3.63, 3.8) is 0 Å². The van der Waals surface area contributed by atoms with Gasteiger partial charge in [-0.15, -0.1) is 0 Å². The molecule has 0 saturated heterocycles. The number of aryl methyl sites for hydroxylation is 1. The minimum absolute atomic E-state index is 0.0196. The van der Waals surface area contributed by atoms with Gasteiger partial charge in [-0.1, -0.05) is 23.7 Å². The van der Waals surface area contributed by atoms with Crippen molar-refractivity contribution in [3.8, 4) is 5.75 Å². The van der Waals surface area contributed by atoms with E-state index >= 15 is 0 Å². The number of halogens is 1. The second-order valence-electron chi connectivity index (χ2n) is 7.23. The number of amides is 1. The molecule has 0 aliphatic carbocycles. The summed E-state index contributed by atoms with van der Waals surface area (Å²) in [5.41, 5.74) is 6.90. The van der Waals surface area contributed by atoms with Gasteiger partial charge in [0, 0.05) is 25.5 Å². The first-order valence-electron chi connectivity index (χ1n) is 9.41. The van der Waals surface area contributed by atoms with Gasteiger partial charge in [0.2, 0.25) is 10.0 Å². The average Bonchev–Trinajstić information content (AvgIpc) is 2.75. The van der Waals surface area contributed by atoms with Crippen molar-refractivity contribution in [1.29, 1.82) is 0 Å². The summed E-state index contributed by atoms with van der Waals surface area (Å²) in [6.45, 7) is 1.68. The summed E-state index contributed by atoms with van der Waals surface area (Å²) < 4.78 is 37.1. The fourth-order valence-electron chi connectivity index (χ4n) is 3.15. The van der Waals surface area contributed by atoms with E-state index in [0.717, 1.165) is 0 Å². The van der Waals surface area contributed by atoms with Crippen LogP contribution in [0.25, 0.3) is 11.0 Å². The zero-order chi connectivity index (χ0) is 23.8. The molecule has 0 aliphatic heterocycles. The van der Waals surface area contributed by atoms with Crippen molar-refractivity contribution < 1.29 is 22.4 Å². The maximum Gasteiger partial charge on any atom is 0.414 e. The van der Waals surface area contributed by atoms with Gasteiger partial charge in [-0.3, -0.25) is 0 Å². The first kappa shape index (κ1) is 23.7. The molecule has 0 spiro atoms. The van der Waals surface area contributed by atoms with Gasteiger partial charge in [-0.25, -0.2) is 22.7 Å². The highest BCUT2D eigenvalue weighted by molar-refractivity contribution is 7.89. The van der Waals surface area contributed by atoms with Gasteiger partial charge in [0.1, 0.15) is 5.58 Å². The van der Waals surface area contributed by atoms with Crippen LogP contribution in [0.15, 0.2) is 50.5 Å². The summed E-state index contributed by atoms with van der Waals surface area (Å²) in [5.74, 6) is 0.0439. The van der Waals surface area contributed by atoms with Gasteiger partial charge < -0.3 is 19.8 Å². The van der Waals surface area contributed by atoms with Crippen molar-refractivity contribution in [1.82, 2.24) is 9.62 Å². The Morgan fingerprint density at radius 1 is 1.25 bits per heavy atom. The monoisotopic (exact) mass is 479 g/mol. The smallest absolute Gasteiger partial charge is 0.414 e. The molecule has 3 N–H and O–H groups in total. The number of nitrogens with two attached hydrogens (primary N) is 1. The SMILES string of the molecule is CNS(=O)(=O)c1cccc(C(N)c2c(C)c3cc(Cl)c(OC(=O)N(C)C)cc3oc2=O)c1. The van der Waals surface area contributed by atoms with E-state index in [2.05, 4.69) is 4.72 Å². The molecule has 0 bridgehead atoms. The van der Waals surface area contributed by atoms with E-state index in [1.807, 2.05) is 0 Å². The lowest BCUT2D eigenvalue weighted by Crippen LogP contribution is -2.25. The third-order valence-corrected chi connectivity index (χ3v) is 6.64. The highest BCUT2D eigenvalue weighted by Crippen LogP contribution is 2.34. The van der Waals surface area contributed by atoms with Crippen LogP contribution in [0.5, 0.6) is 5.75 Å². The van der Waals surface area contributed by atoms with E-state index in [-0.39, 0.29) is 26.8 Å². The number of hydrogen-bond donors (Lipinski definition) is 2. The van der Waals surface area contributed by atoms with Gasteiger partial charge in [0.05, 0.1) is 21.5 Å². The number of hydrogen-bond acceptors (Lipinski definition) is 7. The number of nitrogens with one attached hydrogen (secondary N) is 1. The van der Waals surface area contributed by atoms with Crippen molar-refractivity contribution in [3.05, 3.63) is 68.5 Å². The number of rotatable bonds is 5. The molecular formula is C21H22ClN3O6S. The van der Waals surface area contributed by atoms with Crippen molar-refractivity contribution in [2.24, 2.45) is 5.73 Å².